The smallest absolute Gasteiger partial charge is 0.299 e. The first kappa shape index (κ1) is 20.4. The molecule has 0 saturated carbocycles. The zero-order chi connectivity index (χ0) is 19.4. The topological polar surface area (TPSA) is 94.5 Å². The van der Waals surface area contributed by atoms with Gasteiger partial charge in [-0.3, -0.25) is 14.5 Å². The zero-order valence-corrected chi connectivity index (χ0v) is 15.0. The van der Waals surface area contributed by atoms with E-state index < -0.39 is 42.6 Å². The van der Waals surface area contributed by atoms with Gasteiger partial charge in [0.2, 0.25) is 0 Å². The highest BCUT2D eigenvalue weighted by atomic mass is 19.1. The van der Waals surface area contributed by atoms with Gasteiger partial charge in [-0.15, -0.1) is 0 Å². The van der Waals surface area contributed by atoms with Crippen LogP contribution in [0.15, 0.2) is 18.2 Å². The van der Waals surface area contributed by atoms with Gasteiger partial charge in [-0.05, 0) is 39.0 Å². The Morgan fingerprint density at radius 1 is 1.23 bits per heavy atom. The summed E-state index contributed by atoms with van der Waals surface area (Å²) in [5.74, 6) is -2.32. The number of aliphatic hydroxyl groups excluding tert-OH is 1. The molecule has 0 bridgehead atoms. The quantitative estimate of drug-likeness (QED) is 0.518. The highest BCUT2D eigenvalue weighted by Gasteiger charge is 2.41. The number of Topliss-reactive ketones (excluding diaryl/α,β-unsaturated/α-hetero) is 1. The van der Waals surface area contributed by atoms with Gasteiger partial charge in [-0.1, -0.05) is 0 Å². The number of hydrogen-bond acceptors (Lipinski definition) is 7. The summed E-state index contributed by atoms with van der Waals surface area (Å²) >= 11 is 0. The number of ether oxygens (including phenoxy) is 4. The molecular formula is C17H22FNO7. The Morgan fingerprint density at radius 2 is 1.92 bits per heavy atom. The van der Waals surface area contributed by atoms with Crippen LogP contribution in [-0.2, 0) is 23.7 Å². The molecule has 9 heteroatoms. The number of halogens is 1. The van der Waals surface area contributed by atoms with Crippen molar-refractivity contribution in [1.82, 2.24) is 0 Å². The lowest BCUT2D eigenvalue weighted by Crippen LogP contribution is -2.47. The Bertz CT molecular complexity index is 669. The normalized spacial score (nSPS) is 18.6. The third-order valence-electron chi connectivity index (χ3n) is 3.82. The number of carbonyl (C=O) groups is 2. The van der Waals surface area contributed by atoms with E-state index in [1.807, 2.05) is 0 Å². The molecule has 1 heterocycles. The first-order valence-electron chi connectivity index (χ1n) is 8.11. The fourth-order valence-corrected chi connectivity index (χ4v) is 2.56. The minimum absolute atomic E-state index is 0.0471. The van der Waals surface area contributed by atoms with E-state index in [4.69, 9.17) is 18.9 Å². The van der Waals surface area contributed by atoms with Gasteiger partial charge >= 0.3 is 0 Å². The first-order valence-corrected chi connectivity index (χ1v) is 8.11. The molecule has 2 rings (SSSR count). The molecule has 26 heavy (non-hydrogen) atoms. The Balaban J connectivity index is 2.07. The van der Waals surface area contributed by atoms with Crippen molar-refractivity contribution in [3.8, 4) is 0 Å². The minimum atomic E-state index is -1.48. The molecule has 0 aromatic heterocycles. The maximum Gasteiger partial charge on any atom is 0.299 e. The summed E-state index contributed by atoms with van der Waals surface area (Å²) in [5, 5.41) is 10.3. The summed E-state index contributed by atoms with van der Waals surface area (Å²) in [5.41, 5.74) is 0.170. The van der Waals surface area contributed by atoms with Crippen LogP contribution >= 0.6 is 0 Å². The van der Waals surface area contributed by atoms with E-state index >= 15 is 0 Å². The molecule has 1 N–H and O–H groups in total. The summed E-state index contributed by atoms with van der Waals surface area (Å²) in [6.07, 6.45) is -2.40. The van der Waals surface area contributed by atoms with Gasteiger partial charge < -0.3 is 24.1 Å². The van der Waals surface area contributed by atoms with Crippen LogP contribution < -0.4 is 4.90 Å². The fourth-order valence-electron chi connectivity index (χ4n) is 2.56. The molecule has 0 fully saturated rings. The molecule has 8 nitrogen and oxygen atoms in total. The van der Waals surface area contributed by atoms with Gasteiger partial charge in [0.1, 0.15) is 5.82 Å². The SMILES string of the molecule is CCOC(OC)OC(C)OC(O)C(C)N1C(=O)C(=O)c2cc(F)ccc21. The summed E-state index contributed by atoms with van der Waals surface area (Å²) in [6, 6.07) is 2.52. The van der Waals surface area contributed by atoms with Gasteiger partial charge in [0.05, 0.1) is 17.3 Å². The van der Waals surface area contributed by atoms with Crippen molar-refractivity contribution in [2.45, 2.75) is 45.9 Å². The number of fused-ring (bicyclic) bond motifs is 1. The van der Waals surface area contributed by atoms with E-state index in [0.717, 1.165) is 17.0 Å². The molecule has 0 spiro atoms. The highest BCUT2D eigenvalue weighted by Crippen LogP contribution is 2.32. The Morgan fingerprint density at radius 3 is 2.54 bits per heavy atom. The van der Waals surface area contributed by atoms with Gasteiger partial charge in [0, 0.05) is 13.7 Å². The Kier molecular flexibility index (Phi) is 6.79. The fraction of sp³-hybridized carbons (Fsp3) is 0.529. The molecule has 1 aromatic rings. The second-order valence-electron chi connectivity index (χ2n) is 5.62. The van der Waals surface area contributed by atoms with Crippen molar-refractivity contribution in [2.75, 3.05) is 18.6 Å². The number of aliphatic hydroxyl groups is 1. The summed E-state index contributed by atoms with van der Waals surface area (Å²) < 4.78 is 34.1. The summed E-state index contributed by atoms with van der Waals surface area (Å²) in [6.45, 7) is 4.14. The number of anilines is 1. The van der Waals surface area contributed by atoms with E-state index in [1.54, 1.807) is 6.92 Å². The average molecular weight is 371 g/mol. The third-order valence-corrected chi connectivity index (χ3v) is 3.82. The van der Waals surface area contributed by atoms with E-state index in [0.29, 0.717) is 6.61 Å². The lowest BCUT2D eigenvalue weighted by Gasteiger charge is -2.30. The van der Waals surface area contributed by atoms with Crippen molar-refractivity contribution >= 4 is 17.4 Å². The van der Waals surface area contributed by atoms with Gasteiger partial charge in [0.25, 0.3) is 18.2 Å². The predicted octanol–water partition coefficient (Wildman–Crippen LogP) is 1.41. The minimum Gasteiger partial charge on any atom is -0.366 e. The monoisotopic (exact) mass is 371 g/mol. The van der Waals surface area contributed by atoms with Crippen LogP contribution in [0.5, 0.6) is 0 Å². The number of rotatable bonds is 9. The number of carbonyl (C=O) groups excluding carboxylic acids is 2. The van der Waals surface area contributed by atoms with Crippen molar-refractivity contribution in [1.29, 1.82) is 0 Å². The predicted molar refractivity (Wildman–Crippen MR) is 87.7 cm³/mol. The van der Waals surface area contributed by atoms with Crippen LogP contribution in [0.4, 0.5) is 10.1 Å². The summed E-state index contributed by atoms with van der Waals surface area (Å²) in [4.78, 5) is 25.3. The lowest BCUT2D eigenvalue weighted by atomic mass is 10.1. The average Bonchev–Trinajstić information content (AvgIpc) is 2.84. The van der Waals surface area contributed by atoms with Gasteiger partial charge in [-0.25, -0.2) is 4.39 Å². The molecule has 1 amide bonds. The number of ketones is 1. The molecule has 0 aliphatic carbocycles. The lowest BCUT2D eigenvalue weighted by molar-refractivity contribution is -0.347. The second kappa shape index (κ2) is 8.65. The Hall–Kier alpha value is -1.91. The third kappa shape index (κ3) is 4.25. The van der Waals surface area contributed by atoms with E-state index in [2.05, 4.69) is 0 Å². The molecule has 144 valence electrons. The number of methoxy groups -OCH3 is 1. The van der Waals surface area contributed by atoms with Crippen molar-refractivity contribution < 1.29 is 38.0 Å². The molecule has 4 unspecified atom stereocenters. The van der Waals surface area contributed by atoms with E-state index in [1.165, 1.54) is 27.0 Å². The number of amides is 1. The second-order valence-corrected chi connectivity index (χ2v) is 5.62. The molecule has 1 aliphatic rings. The highest BCUT2D eigenvalue weighted by molar-refractivity contribution is 6.52. The first-order chi connectivity index (χ1) is 12.3. The molecule has 0 saturated heterocycles. The Labute approximate surface area is 150 Å². The summed E-state index contributed by atoms with van der Waals surface area (Å²) in [7, 11) is 1.39. The zero-order valence-electron chi connectivity index (χ0n) is 15.0. The molecule has 1 aromatic carbocycles. The maximum absolute atomic E-state index is 13.3. The van der Waals surface area contributed by atoms with Crippen LogP contribution in [-0.4, -0.2) is 55.6 Å². The standard InChI is InChI=1S/C17H22FNO7/c1-5-24-17(23-4)26-10(3)25-16(22)9(2)19-13-7-6-11(18)8-12(13)14(20)15(19)21/h6-10,16-17,22H,5H2,1-4H3. The van der Waals surface area contributed by atoms with Crippen LogP contribution in [0.25, 0.3) is 0 Å². The van der Waals surface area contributed by atoms with Crippen LogP contribution in [0.3, 0.4) is 0 Å². The van der Waals surface area contributed by atoms with Crippen LogP contribution in [0, 0.1) is 5.82 Å². The van der Waals surface area contributed by atoms with Gasteiger partial charge in [-0.2, -0.15) is 0 Å². The van der Waals surface area contributed by atoms with Crippen molar-refractivity contribution in [3.63, 3.8) is 0 Å². The van der Waals surface area contributed by atoms with Crippen LogP contribution in [0.1, 0.15) is 31.1 Å². The number of hydrogen-bond donors (Lipinski definition) is 1. The molecule has 0 radical (unpaired) electrons. The molecule has 1 aliphatic heterocycles. The van der Waals surface area contributed by atoms with Crippen LogP contribution in [0.2, 0.25) is 0 Å². The van der Waals surface area contributed by atoms with Crippen molar-refractivity contribution in [2.24, 2.45) is 0 Å². The maximum atomic E-state index is 13.3. The number of benzene rings is 1. The largest absolute Gasteiger partial charge is 0.366 e. The van der Waals surface area contributed by atoms with E-state index in [-0.39, 0.29) is 11.3 Å². The molecular weight excluding hydrogens is 349 g/mol. The molecule has 4 atom stereocenters. The van der Waals surface area contributed by atoms with E-state index in [9.17, 15) is 19.1 Å². The van der Waals surface area contributed by atoms with Crippen molar-refractivity contribution in [3.05, 3.63) is 29.6 Å². The number of nitrogens with zero attached hydrogens (tertiary/aromatic N) is 1. The van der Waals surface area contributed by atoms with Gasteiger partial charge in [0.15, 0.2) is 12.6 Å².